The summed E-state index contributed by atoms with van der Waals surface area (Å²) in [5.41, 5.74) is 0. The van der Waals surface area contributed by atoms with E-state index in [9.17, 15) is 0 Å². The van der Waals surface area contributed by atoms with Gasteiger partial charge in [0.05, 0.1) is 13.6 Å². The lowest BCUT2D eigenvalue weighted by molar-refractivity contribution is 0.259. The van der Waals surface area contributed by atoms with Gasteiger partial charge in [-0.2, -0.15) is 4.80 Å². The van der Waals surface area contributed by atoms with E-state index in [1.807, 2.05) is 7.05 Å². The van der Waals surface area contributed by atoms with Gasteiger partial charge in [0.2, 0.25) is 0 Å². The molecular formula is C7H15N5. The topological polar surface area (TPSA) is 46.8 Å². The van der Waals surface area contributed by atoms with E-state index in [-0.39, 0.29) is 0 Å². The molecule has 1 aromatic heterocycles. The molecule has 5 nitrogen and oxygen atoms in total. The second-order valence-corrected chi connectivity index (χ2v) is 3.20. The zero-order valence-corrected chi connectivity index (χ0v) is 8.02. The van der Waals surface area contributed by atoms with Crippen molar-refractivity contribution in [2.45, 2.75) is 26.4 Å². The molecule has 1 heterocycles. The average Bonchev–Trinajstić information content (AvgIpc) is 2.35. The Bertz CT molecular complexity index is 242. The Morgan fingerprint density at radius 3 is 2.58 bits per heavy atom. The van der Waals surface area contributed by atoms with Crippen molar-refractivity contribution in [2.75, 3.05) is 7.05 Å². The van der Waals surface area contributed by atoms with E-state index < -0.39 is 0 Å². The number of tetrazole rings is 1. The Morgan fingerprint density at radius 1 is 1.50 bits per heavy atom. The first kappa shape index (κ1) is 9.12. The third kappa shape index (κ3) is 2.27. The molecule has 0 amide bonds. The molecule has 12 heavy (non-hydrogen) atoms. The molecule has 0 radical (unpaired) electrons. The van der Waals surface area contributed by atoms with Crippen molar-refractivity contribution >= 4 is 0 Å². The zero-order valence-electron chi connectivity index (χ0n) is 8.02. The molecule has 5 heteroatoms. The maximum atomic E-state index is 4.09. The molecule has 0 N–H and O–H groups in total. The summed E-state index contributed by atoms with van der Waals surface area (Å²) in [5, 5.41) is 11.7. The van der Waals surface area contributed by atoms with Crippen molar-refractivity contribution in [3.05, 3.63) is 5.82 Å². The molecule has 0 saturated carbocycles. The van der Waals surface area contributed by atoms with Crippen LogP contribution >= 0.6 is 0 Å². The Morgan fingerprint density at radius 2 is 2.17 bits per heavy atom. The smallest absolute Gasteiger partial charge is 0.188 e. The minimum Gasteiger partial charge on any atom is -0.296 e. The fourth-order valence-electron chi connectivity index (χ4n) is 0.792. The van der Waals surface area contributed by atoms with Gasteiger partial charge >= 0.3 is 0 Å². The Hall–Kier alpha value is -0.970. The van der Waals surface area contributed by atoms with Crippen LogP contribution in [0.5, 0.6) is 0 Å². The first-order chi connectivity index (χ1) is 5.59. The highest BCUT2D eigenvalue weighted by Crippen LogP contribution is 1.98. The summed E-state index contributed by atoms with van der Waals surface area (Å²) in [6.45, 7) is 5.03. The van der Waals surface area contributed by atoms with Crippen LogP contribution < -0.4 is 0 Å². The maximum Gasteiger partial charge on any atom is 0.188 e. The zero-order chi connectivity index (χ0) is 9.14. The molecule has 0 aromatic carbocycles. The van der Waals surface area contributed by atoms with Crippen LogP contribution in [0, 0.1) is 0 Å². The van der Waals surface area contributed by atoms with E-state index in [0.717, 1.165) is 12.4 Å². The van der Waals surface area contributed by atoms with Gasteiger partial charge in [-0.1, -0.05) is 0 Å². The molecule has 0 aliphatic carbocycles. The molecule has 0 aliphatic rings. The molecule has 0 atom stereocenters. The van der Waals surface area contributed by atoms with Crippen molar-refractivity contribution in [2.24, 2.45) is 7.05 Å². The average molecular weight is 169 g/mol. The molecule has 1 aromatic rings. The molecule has 0 bridgehead atoms. The third-order valence-corrected chi connectivity index (χ3v) is 1.82. The van der Waals surface area contributed by atoms with Crippen molar-refractivity contribution in [1.29, 1.82) is 0 Å². The fraction of sp³-hybridized carbons (Fsp3) is 0.857. The lowest BCUT2D eigenvalue weighted by Crippen LogP contribution is -2.26. The predicted octanol–water partition coefficient (Wildman–Crippen LogP) is 0.0503. The molecule has 0 unspecified atom stereocenters. The van der Waals surface area contributed by atoms with Gasteiger partial charge in [0.1, 0.15) is 0 Å². The van der Waals surface area contributed by atoms with E-state index in [1.165, 1.54) is 4.80 Å². The summed E-state index contributed by atoms with van der Waals surface area (Å²) in [6.07, 6.45) is 0. The van der Waals surface area contributed by atoms with Crippen LogP contribution in [0.15, 0.2) is 0 Å². The van der Waals surface area contributed by atoms with E-state index >= 15 is 0 Å². The molecule has 1 rings (SSSR count). The standard InChI is InChI=1S/C7H15N5/c1-6(2)11(3)5-7-8-10-12(4)9-7/h6H,5H2,1-4H3. The fourth-order valence-corrected chi connectivity index (χ4v) is 0.792. The van der Waals surface area contributed by atoms with Gasteiger partial charge in [-0.15, -0.1) is 10.2 Å². The van der Waals surface area contributed by atoms with Crippen molar-refractivity contribution < 1.29 is 0 Å². The van der Waals surface area contributed by atoms with Crippen LogP contribution in [0.25, 0.3) is 0 Å². The number of nitrogens with zero attached hydrogens (tertiary/aromatic N) is 5. The van der Waals surface area contributed by atoms with Crippen molar-refractivity contribution in [1.82, 2.24) is 25.1 Å². The Kier molecular flexibility index (Phi) is 2.75. The monoisotopic (exact) mass is 169 g/mol. The minimum atomic E-state index is 0.508. The van der Waals surface area contributed by atoms with Gasteiger partial charge in [0.25, 0.3) is 0 Å². The maximum absolute atomic E-state index is 4.09. The molecule has 0 saturated heterocycles. The third-order valence-electron chi connectivity index (χ3n) is 1.82. The number of hydrogen-bond acceptors (Lipinski definition) is 4. The van der Waals surface area contributed by atoms with Crippen molar-refractivity contribution in [3.63, 3.8) is 0 Å². The highest BCUT2D eigenvalue weighted by atomic mass is 15.6. The quantitative estimate of drug-likeness (QED) is 0.641. The van der Waals surface area contributed by atoms with E-state index in [1.54, 1.807) is 7.05 Å². The summed E-state index contributed by atoms with van der Waals surface area (Å²) < 4.78 is 0. The largest absolute Gasteiger partial charge is 0.296 e. The second-order valence-electron chi connectivity index (χ2n) is 3.20. The summed E-state index contributed by atoms with van der Waals surface area (Å²) in [6, 6.07) is 0.508. The van der Waals surface area contributed by atoms with Crippen LogP contribution in [-0.2, 0) is 13.6 Å². The molecule has 0 aliphatic heterocycles. The number of aromatic nitrogens is 4. The predicted molar refractivity (Wildman–Crippen MR) is 45.4 cm³/mol. The van der Waals surface area contributed by atoms with Crippen molar-refractivity contribution in [3.8, 4) is 0 Å². The normalized spacial score (nSPS) is 11.5. The summed E-state index contributed by atoms with van der Waals surface area (Å²) in [5.74, 6) is 0.772. The molecule has 0 fully saturated rings. The van der Waals surface area contributed by atoms with Gasteiger partial charge in [-0.3, -0.25) is 4.90 Å². The molecular weight excluding hydrogens is 154 g/mol. The van der Waals surface area contributed by atoms with E-state index in [0.29, 0.717) is 6.04 Å². The lowest BCUT2D eigenvalue weighted by Gasteiger charge is -2.18. The minimum absolute atomic E-state index is 0.508. The van der Waals surface area contributed by atoms with Gasteiger partial charge in [-0.05, 0) is 26.1 Å². The SMILES string of the molecule is CC(C)N(C)Cc1nnn(C)n1. The number of aryl methyl sites for hydroxylation is 1. The number of hydrogen-bond donors (Lipinski definition) is 0. The van der Waals surface area contributed by atoms with E-state index in [4.69, 9.17) is 0 Å². The van der Waals surface area contributed by atoms with Crippen LogP contribution in [0.2, 0.25) is 0 Å². The summed E-state index contributed by atoms with van der Waals surface area (Å²) >= 11 is 0. The van der Waals surface area contributed by atoms with Crippen LogP contribution in [-0.4, -0.2) is 38.2 Å². The number of rotatable bonds is 3. The summed E-state index contributed by atoms with van der Waals surface area (Å²) in [4.78, 5) is 3.64. The van der Waals surface area contributed by atoms with Gasteiger partial charge in [0, 0.05) is 6.04 Å². The highest BCUT2D eigenvalue weighted by molar-refractivity contribution is 4.76. The Labute approximate surface area is 72.4 Å². The highest BCUT2D eigenvalue weighted by Gasteiger charge is 2.07. The van der Waals surface area contributed by atoms with Crippen LogP contribution in [0.4, 0.5) is 0 Å². The van der Waals surface area contributed by atoms with Gasteiger partial charge in [-0.25, -0.2) is 0 Å². The van der Waals surface area contributed by atoms with Crippen LogP contribution in [0.1, 0.15) is 19.7 Å². The lowest BCUT2D eigenvalue weighted by atomic mass is 10.3. The van der Waals surface area contributed by atoms with E-state index in [2.05, 4.69) is 34.2 Å². The second kappa shape index (κ2) is 3.62. The van der Waals surface area contributed by atoms with Gasteiger partial charge in [0.15, 0.2) is 5.82 Å². The molecule has 68 valence electrons. The first-order valence-corrected chi connectivity index (χ1v) is 4.02. The Balaban J connectivity index is 2.52. The van der Waals surface area contributed by atoms with Gasteiger partial charge < -0.3 is 0 Å². The summed E-state index contributed by atoms with van der Waals surface area (Å²) in [7, 11) is 3.81. The molecule has 0 spiro atoms. The first-order valence-electron chi connectivity index (χ1n) is 4.02. The van der Waals surface area contributed by atoms with Crippen LogP contribution in [0.3, 0.4) is 0 Å².